The van der Waals surface area contributed by atoms with E-state index in [2.05, 4.69) is 56.9 Å². The topological polar surface area (TPSA) is 199 Å². The lowest BCUT2D eigenvalue weighted by Gasteiger charge is -2.39. The summed E-state index contributed by atoms with van der Waals surface area (Å²) < 4.78 is 41.9. The molecule has 0 radical (unpaired) electrons. The molecule has 0 bridgehead atoms. The predicted octanol–water partition coefficient (Wildman–Crippen LogP) is 8.93. The van der Waals surface area contributed by atoms with E-state index < -0.39 is 36.9 Å². The quantitative estimate of drug-likeness (QED) is 0.0792. The van der Waals surface area contributed by atoms with Crippen LogP contribution in [0.3, 0.4) is 0 Å². The second-order valence-corrected chi connectivity index (χ2v) is 21.6. The van der Waals surface area contributed by atoms with Gasteiger partial charge in [0.15, 0.2) is 0 Å². The number of piperazine rings is 1. The number of H-pyrrole nitrogens is 1. The molecular weight excluding hydrogens is 906 g/mol. The van der Waals surface area contributed by atoms with Gasteiger partial charge in [0, 0.05) is 87.4 Å². The molecule has 5 aromatic rings. The Labute approximate surface area is 401 Å². The van der Waals surface area contributed by atoms with Gasteiger partial charge < -0.3 is 29.6 Å². The van der Waals surface area contributed by atoms with Crippen molar-refractivity contribution in [3.8, 4) is 11.9 Å². The Morgan fingerprint density at radius 3 is 2.51 bits per heavy atom. The number of fused-ring (bicyclic) bond motifs is 2. The number of pyridine rings is 1. The van der Waals surface area contributed by atoms with Crippen molar-refractivity contribution in [2.45, 2.75) is 57.8 Å². The minimum absolute atomic E-state index is 0.00408. The Balaban J connectivity index is 1.02. The Bertz CT molecular complexity index is 2920. The van der Waals surface area contributed by atoms with E-state index in [0.29, 0.717) is 49.9 Å². The standard InChI is InChI=1S/C50H56ClN9O7S/c1-49(2)16-12-36(41(27-49)34-4-6-37(51)7-5-34)29-57-18-20-58(21-19-57)38-8-10-40(43(25-38)59-31-50(3,30-52)32-67-48-45(59)24-35-13-17-53-46(35)55-48)47(61)56-68(64,65)39-9-11-42(44(26-39)60(62)63)54-28-33-14-22-66-23-15-33/h4-11,13,17,24-26,33,54H,12,14-16,18-23,27-29,31-32H2,1-3H3,(H,53,55)(H,56,61)/t50-/m0/s1. The first-order chi connectivity index (χ1) is 32.6. The van der Waals surface area contributed by atoms with Crippen molar-refractivity contribution in [3.05, 3.63) is 111 Å². The molecule has 3 aromatic carbocycles. The third-order valence-electron chi connectivity index (χ3n) is 13.7. The molecule has 1 amide bonds. The van der Waals surface area contributed by atoms with E-state index in [4.69, 9.17) is 26.1 Å². The number of aromatic nitrogens is 2. The van der Waals surface area contributed by atoms with Gasteiger partial charge in [-0.05, 0) is 116 Å². The average Bonchev–Trinajstić information content (AvgIpc) is 3.74. The van der Waals surface area contributed by atoms with Crippen LogP contribution < -0.4 is 24.6 Å². The largest absolute Gasteiger partial charge is 0.474 e. The number of aromatic amines is 1. The van der Waals surface area contributed by atoms with Crippen molar-refractivity contribution >= 4 is 72.6 Å². The third kappa shape index (κ3) is 10.1. The number of hydrogen-bond donors (Lipinski definition) is 3. The van der Waals surface area contributed by atoms with Gasteiger partial charge in [0.05, 0.1) is 27.1 Å². The van der Waals surface area contributed by atoms with Crippen molar-refractivity contribution in [1.82, 2.24) is 19.6 Å². The summed E-state index contributed by atoms with van der Waals surface area (Å²) in [6.07, 6.45) is 6.51. The minimum atomic E-state index is -4.65. The van der Waals surface area contributed by atoms with Gasteiger partial charge in [-0.1, -0.05) is 43.2 Å². The van der Waals surface area contributed by atoms with E-state index in [9.17, 15) is 28.6 Å². The van der Waals surface area contributed by atoms with Crippen LogP contribution in [0, 0.1) is 38.2 Å². The molecule has 1 atom stereocenters. The molecule has 9 rings (SSSR count). The van der Waals surface area contributed by atoms with Gasteiger partial charge in [0.2, 0.25) is 5.88 Å². The fraction of sp³-hybridized carbons (Fsp3) is 0.420. The van der Waals surface area contributed by atoms with Crippen LogP contribution in [-0.4, -0.2) is 99.8 Å². The SMILES string of the molecule is CC1(C)CCC(CN2CCN(c3ccc(C(=O)NS(=O)(=O)c4ccc(NCC5CCOCC5)c([N+](=O)[O-])c4)c(N4C[C@](C)(C#N)COc5nc6[nH]ccc6cc54)c3)CC2)=C(c2ccc(Cl)cc2)C1. The number of halogens is 1. The lowest BCUT2D eigenvalue weighted by molar-refractivity contribution is -0.384. The molecule has 3 N–H and O–H groups in total. The van der Waals surface area contributed by atoms with Crippen LogP contribution in [0.2, 0.25) is 5.02 Å². The minimum Gasteiger partial charge on any atom is -0.474 e. The Kier molecular flexibility index (Phi) is 13.2. The van der Waals surface area contributed by atoms with Gasteiger partial charge in [-0.3, -0.25) is 19.8 Å². The maximum Gasteiger partial charge on any atom is 0.293 e. The number of rotatable bonds is 12. The molecule has 68 heavy (non-hydrogen) atoms. The van der Waals surface area contributed by atoms with Gasteiger partial charge >= 0.3 is 0 Å². The van der Waals surface area contributed by atoms with Crippen molar-refractivity contribution < 1.29 is 27.6 Å². The highest BCUT2D eigenvalue weighted by atomic mass is 35.5. The van der Waals surface area contributed by atoms with Crippen LogP contribution in [0.15, 0.2) is 89.5 Å². The second-order valence-electron chi connectivity index (χ2n) is 19.5. The first kappa shape index (κ1) is 46.9. The van der Waals surface area contributed by atoms with Gasteiger partial charge in [-0.15, -0.1) is 0 Å². The summed E-state index contributed by atoms with van der Waals surface area (Å²) in [5, 5.41) is 27.4. The summed E-state index contributed by atoms with van der Waals surface area (Å²) in [5.41, 5.74) is 5.15. The highest BCUT2D eigenvalue weighted by molar-refractivity contribution is 7.90. The molecule has 18 heteroatoms. The summed E-state index contributed by atoms with van der Waals surface area (Å²) in [6, 6.07) is 23.1. The van der Waals surface area contributed by atoms with Crippen LogP contribution in [0.5, 0.6) is 5.88 Å². The van der Waals surface area contributed by atoms with Crippen molar-refractivity contribution in [2.24, 2.45) is 16.7 Å². The Hall–Kier alpha value is -6.19. The Morgan fingerprint density at radius 2 is 1.78 bits per heavy atom. The molecule has 0 spiro atoms. The van der Waals surface area contributed by atoms with Crippen molar-refractivity contribution in [1.29, 1.82) is 5.26 Å². The molecule has 0 unspecified atom stereocenters. The summed E-state index contributed by atoms with van der Waals surface area (Å²) in [7, 11) is -4.65. The van der Waals surface area contributed by atoms with Gasteiger partial charge in [-0.2, -0.15) is 10.2 Å². The fourth-order valence-corrected chi connectivity index (χ4v) is 10.8. The number of ether oxygens (including phenoxy) is 2. The molecule has 2 saturated heterocycles. The number of nitrogens with zero attached hydrogens (tertiary/aromatic N) is 6. The zero-order valence-corrected chi connectivity index (χ0v) is 40.1. The number of nitriles is 1. The van der Waals surface area contributed by atoms with Crippen LogP contribution in [0.25, 0.3) is 16.6 Å². The molecule has 1 aliphatic carbocycles. The number of sulfonamides is 1. The van der Waals surface area contributed by atoms with E-state index in [1.165, 1.54) is 28.8 Å². The number of benzene rings is 3. The molecule has 2 aromatic heterocycles. The molecule has 3 aliphatic heterocycles. The number of carbonyl (C=O) groups is 1. The highest BCUT2D eigenvalue weighted by Gasteiger charge is 2.37. The summed E-state index contributed by atoms with van der Waals surface area (Å²) in [5.74, 6) is -0.461. The van der Waals surface area contributed by atoms with Gasteiger partial charge in [-0.25, -0.2) is 13.1 Å². The van der Waals surface area contributed by atoms with Crippen molar-refractivity contribution in [2.75, 3.05) is 80.8 Å². The van der Waals surface area contributed by atoms with E-state index in [1.807, 2.05) is 35.2 Å². The van der Waals surface area contributed by atoms with Crippen LogP contribution >= 0.6 is 11.6 Å². The number of allylic oxidation sites excluding steroid dienone is 1. The lowest BCUT2D eigenvalue weighted by Crippen LogP contribution is -2.47. The first-order valence-electron chi connectivity index (χ1n) is 23.1. The molecule has 4 aliphatic rings. The molecular formula is C50H56ClN9O7S. The second kappa shape index (κ2) is 19.1. The molecule has 16 nitrogen and oxygen atoms in total. The normalized spacial score (nSPS) is 20.3. The number of anilines is 4. The summed E-state index contributed by atoms with van der Waals surface area (Å²) in [4.78, 5) is 40.1. The smallest absolute Gasteiger partial charge is 0.293 e. The van der Waals surface area contributed by atoms with Gasteiger partial charge in [0.1, 0.15) is 29.0 Å². The van der Waals surface area contributed by atoms with E-state index in [1.54, 1.807) is 25.3 Å². The highest BCUT2D eigenvalue weighted by Crippen LogP contribution is 2.45. The maximum atomic E-state index is 14.5. The maximum absolute atomic E-state index is 14.5. The van der Waals surface area contributed by atoms with Crippen LogP contribution in [-0.2, 0) is 14.8 Å². The average molecular weight is 963 g/mol. The number of nitro benzene ring substituents is 1. The summed E-state index contributed by atoms with van der Waals surface area (Å²) >= 11 is 6.28. The zero-order chi connectivity index (χ0) is 47.8. The molecule has 356 valence electrons. The number of carbonyl (C=O) groups excluding carboxylic acids is 1. The van der Waals surface area contributed by atoms with E-state index in [-0.39, 0.29) is 41.6 Å². The van der Waals surface area contributed by atoms with E-state index in [0.717, 1.165) is 73.9 Å². The number of hydrogen-bond acceptors (Lipinski definition) is 13. The van der Waals surface area contributed by atoms with Crippen LogP contribution in [0.1, 0.15) is 68.8 Å². The number of amides is 1. The first-order valence-corrected chi connectivity index (χ1v) is 25.0. The summed E-state index contributed by atoms with van der Waals surface area (Å²) in [6.45, 7) is 12.0. The molecule has 5 heterocycles. The monoisotopic (exact) mass is 961 g/mol. The van der Waals surface area contributed by atoms with Crippen molar-refractivity contribution in [3.63, 3.8) is 0 Å². The third-order valence-corrected chi connectivity index (χ3v) is 15.3. The lowest BCUT2D eigenvalue weighted by atomic mass is 9.72. The van der Waals surface area contributed by atoms with Crippen LogP contribution in [0.4, 0.5) is 28.4 Å². The number of nitrogens with one attached hydrogen (secondary N) is 3. The van der Waals surface area contributed by atoms with E-state index >= 15 is 0 Å². The Morgan fingerprint density at radius 1 is 1.01 bits per heavy atom. The van der Waals surface area contributed by atoms with Gasteiger partial charge in [0.25, 0.3) is 21.6 Å². The zero-order valence-electron chi connectivity index (χ0n) is 38.5. The number of nitro groups is 1. The fourth-order valence-electron chi connectivity index (χ4n) is 9.69. The predicted molar refractivity (Wildman–Crippen MR) is 263 cm³/mol. The molecule has 0 saturated carbocycles. The molecule has 2 fully saturated rings.